The van der Waals surface area contributed by atoms with E-state index in [1.807, 2.05) is 0 Å². The van der Waals surface area contributed by atoms with Crippen molar-refractivity contribution in [3.63, 3.8) is 0 Å². The number of hydrogen-bond donors (Lipinski definition) is 3. The van der Waals surface area contributed by atoms with E-state index < -0.39 is 10.0 Å². The first-order chi connectivity index (χ1) is 9.88. The van der Waals surface area contributed by atoms with Crippen LogP contribution in [0.15, 0.2) is 47.5 Å². The lowest BCUT2D eigenvalue weighted by Crippen LogP contribution is -2.15. The zero-order valence-electron chi connectivity index (χ0n) is 11.2. The number of sulfonamides is 1. The first-order valence-corrected chi connectivity index (χ1v) is 7.48. The molecule has 0 unspecified atom stereocenters. The largest absolute Gasteiger partial charge is 0.383 e. The van der Waals surface area contributed by atoms with Gasteiger partial charge in [0.2, 0.25) is 5.91 Å². The van der Waals surface area contributed by atoms with Gasteiger partial charge in [0.25, 0.3) is 10.0 Å². The van der Waals surface area contributed by atoms with Gasteiger partial charge in [0.05, 0.1) is 5.69 Å². The van der Waals surface area contributed by atoms with Crippen LogP contribution in [0.25, 0.3) is 0 Å². The molecule has 1 heterocycles. The molecule has 1 aromatic carbocycles. The van der Waals surface area contributed by atoms with Crippen LogP contribution in [0.5, 0.6) is 0 Å². The van der Waals surface area contributed by atoms with Gasteiger partial charge < -0.3 is 11.1 Å². The van der Waals surface area contributed by atoms with Gasteiger partial charge >= 0.3 is 0 Å². The highest BCUT2D eigenvalue weighted by molar-refractivity contribution is 7.92. The summed E-state index contributed by atoms with van der Waals surface area (Å²) in [4.78, 5) is 14.6. The number of carbonyl (C=O) groups is 1. The summed E-state index contributed by atoms with van der Waals surface area (Å²) in [6, 6.07) is 9.19. The van der Waals surface area contributed by atoms with E-state index in [1.165, 1.54) is 31.3 Å². The molecule has 0 spiro atoms. The Morgan fingerprint density at radius 2 is 1.90 bits per heavy atom. The summed E-state index contributed by atoms with van der Waals surface area (Å²) in [6.45, 7) is 1.37. The van der Waals surface area contributed by atoms with Gasteiger partial charge in [-0.25, -0.2) is 13.4 Å². The SMILES string of the molecule is CC(=O)Nc1cccc(NS(=O)(=O)c2cccnc2N)c1. The summed E-state index contributed by atoms with van der Waals surface area (Å²) < 4.78 is 26.9. The van der Waals surface area contributed by atoms with Gasteiger partial charge in [-0.15, -0.1) is 0 Å². The molecular formula is C13H14N4O3S. The Hall–Kier alpha value is -2.61. The first-order valence-electron chi connectivity index (χ1n) is 5.99. The Labute approximate surface area is 122 Å². The van der Waals surface area contributed by atoms with E-state index in [0.29, 0.717) is 11.4 Å². The second-order valence-electron chi connectivity index (χ2n) is 4.25. The number of aromatic nitrogens is 1. The van der Waals surface area contributed by atoms with Gasteiger partial charge in [0.15, 0.2) is 0 Å². The average molecular weight is 306 g/mol. The number of nitrogen functional groups attached to an aromatic ring is 1. The van der Waals surface area contributed by atoms with Gasteiger partial charge in [-0.05, 0) is 30.3 Å². The second kappa shape index (κ2) is 5.80. The van der Waals surface area contributed by atoms with Crippen molar-refractivity contribution in [2.75, 3.05) is 15.8 Å². The van der Waals surface area contributed by atoms with Crippen LogP contribution in [0.3, 0.4) is 0 Å². The van der Waals surface area contributed by atoms with Crippen LogP contribution < -0.4 is 15.8 Å². The van der Waals surface area contributed by atoms with E-state index >= 15 is 0 Å². The van der Waals surface area contributed by atoms with Crippen molar-refractivity contribution < 1.29 is 13.2 Å². The normalized spacial score (nSPS) is 10.9. The highest BCUT2D eigenvalue weighted by Crippen LogP contribution is 2.21. The van der Waals surface area contributed by atoms with Crippen molar-refractivity contribution in [2.24, 2.45) is 0 Å². The van der Waals surface area contributed by atoms with Crippen LogP contribution in [0, 0.1) is 0 Å². The molecule has 2 aromatic rings. The Morgan fingerprint density at radius 3 is 2.57 bits per heavy atom. The van der Waals surface area contributed by atoms with Crippen LogP contribution in [-0.4, -0.2) is 19.3 Å². The molecule has 0 aliphatic heterocycles. The average Bonchev–Trinajstić information content (AvgIpc) is 2.38. The fraction of sp³-hybridized carbons (Fsp3) is 0.0769. The van der Waals surface area contributed by atoms with Crippen LogP contribution in [-0.2, 0) is 14.8 Å². The molecule has 2 rings (SSSR count). The number of anilines is 3. The molecule has 0 aliphatic rings. The summed E-state index contributed by atoms with van der Waals surface area (Å²) in [7, 11) is -3.84. The number of pyridine rings is 1. The van der Waals surface area contributed by atoms with Crippen molar-refractivity contribution >= 4 is 33.1 Å². The van der Waals surface area contributed by atoms with E-state index in [9.17, 15) is 13.2 Å². The molecule has 4 N–H and O–H groups in total. The molecule has 0 saturated heterocycles. The minimum absolute atomic E-state index is 0.0805. The summed E-state index contributed by atoms with van der Waals surface area (Å²) >= 11 is 0. The number of amides is 1. The maximum atomic E-state index is 12.2. The topological polar surface area (TPSA) is 114 Å². The fourth-order valence-corrected chi connectivity index (χ4v) is 2.84. The molecule has 0 radical (unpaired) electrons. The van der Waals surface area contributed by atoms with Crippen molar-refractivity contribution in [3.05, 3.63) is 42.6 Å². The highest BCUT2D eigenvalue weighted by atomic mass is 32.2. The van der Waals surface area contributed by atoms with Crippen molar-refractivity contribution in [1.29, 1.82) is 0 Å². The predicted octanol–water partition coefficient (Wildman–Crippen LogP) is 1.42. The number of rotatable bonds is 4. The number of nitrogens with zero attached hydrogens (tertiary/aromatic N) is 1. The van der Waals surface area contributed by atoms with Gasteiger partial charge in [-0.1, -0.05) is 6.07 Å². The van der Waals surface area contributed by atoms with Crippen LogP contribution in [0.2, 0.25) is 0 Å². The highest BCUT2D eigenvalue weighted by Gasteiger charge is 2.18. The summed E-state index contributed by atoms with van der Waals surface area (Å²) in [6.07, 6.45) is 1.41. The summed E-state index contributed by atoms with van der Waals surface area (Å²) in [5.74, 6) is -0.325. The maximum absolute atomic E-state index is 12.2. The van der Waals surface area contributed by atoms with Gasteiger partial charge in [0, 0.05) is 18.8 Å². The molecule has 0 aliphatic carbocycles. The lowest BCUT2D eigenvalue weighted by Gasteiger charge is -2.10. The second-order valence-corrected chi connectivity index (χ2v) is 5.91. The molecule has 7 nitrogen and oxygen atoms in total. The van der Waals surface area contributed by atoms with Crippen molar-refractivity contribution in [2.45, 2.75) is 11.8 Å². The van der Waals surface area contributed by atoms with E-state index in [1.54, 1.807) is 18.2 Å². The molecule has 0 saturated carbocycles. The number of hydrogen-bond acceptors (Lipinski definition) is 5. The van der Waals surface area contributed by atoms with E-state index in [-0.39, 0.29) is 16.6 Å². The quantitative estimate of drug-likeness (QED) is 0.790. The summed E-state index contributed by atoms with van der Waals surface area (Å²) in [5.41, 5.74) is 6.37. The molecule has 8 heteroatoms. The Kier molecular flexibility index (Phi) is 4.08. The third kappa shape index (κ3) is 3.69. The third-order valence-electron chi connectivity index (χ3n) is 2.52. The third-order valence-corrected chi connectivity index (χ3v) is 3.95. The minimum Gasteiger partial charge on any atom is -0.383 e. The molecular weight excluding hydrogens is 292 g/mol. The van der Waals surface area contributed by atoms with Gasteiger partial charge in [0.1, 0.15) is 10.7 Å². The Morgan fingerprint density at radius 1 is 1.19 bits per heavy atom. The Balaban J connectivity index is 2.29. The van der Waals surface area contributed by atoms with Crippen LogP contribution in [0.1, 0.15) is 6.92 Å². The number of carbonyl (C=O) groups excluding carboxylic acids is 1. The number of nitrogens with one attached hydrogen (secondary N) is 2. The zero-order chi connectivity index (χ0) is 15.5. The van der Waals surface area contributed by atoms with Crippen LogP contribution in [0.4, 0.5) is 17.2 Å². The van der Waals surface area contributed by atoms with E-state index in [4.69, 9.17) is 5.73 Å². The van der Waals surface area contributed by atoms with Gasteiger partial charge in [-0.2, -0.15) is 0 Å². The molecule has 1 amide bonds. The van der Waals surface area contributed by atoms with Crippen molar-refractivity contribution in [1.82, 2.24) is 4.98 Å². The Bertz CT molecular complexity index is 774. The fourth-order valence-electron chi connectivity index (χ4n) is 1.70. The molecule has 1 aromatic heterocycles. The van der Waals surface area contributed by atoms with Gasteiger partial charge in [-0.3, -0.25) is 9.52 Å². The predicted molar refractivity (Wildman–Crippen MR) is 80.2 cm³/mol. The first kappa shape index (κ1) is 14.8. The lowest BCUT2D eigenvalue weighted by atomic mass is 10.3. The molecule has 0 bridgehead atoms. The summed E-state index contributed by atoms with van der Waals surface area (Å²) in [5, 5.41) is 2.57. The molecule has 110 valence electrons. The maximum Gasteiger partial charge on any atom is 0.265 e. The van der Waals surface area contributed by atoms with E-state index in [0.717, 1.165) is 0 Å². The molecule has 0 atom stereocenters. The monoisotopic (exact) mass is 306 g/mol. The molecule has 21 heavy (non-hydrogen) atoms. The number of benzene rings is 1. The zero-order valence-corrected chi connectivity index (χ0v) is 12.0. The standard InChI is InChI=1S/C13H14N4O3S/c1-9(18)16-10-4-2-5-11(8-10)17-21(19,20)12-6-3-7-15-13(12)14/h2-8,17H,1H3,(H2,14,15)(H,16,18). The number of nitrogens with two attached hydrogens (primary N) is 1. The lowest BCUT2D eigenvalue weighted by molar-refractivity contribution is -0.114. The smallest absolute Gasteiger partial charge is 0.265 e. The van der Waals surface area contributed by atoms with Crippen LogP contribution >= 0.6 is 0 Å². The van der Waals surface area contributed by atoms with Crippen molar-refractivity contribution in [3.8, 4) is 0 Å². The molecule has 0 fully saturated rings. The minimum atomic E-state index is -3.84. The van der Waals surface area contributed by atoms with E-state index in [2.05, 4.69) is 15.0 Å².